The predicted octanol–water partition coefficient (Wildman–Crippen LogP) is 3.66. The molecule has 0 radical (unpaired) electrons. The third-order valence-corrected chi connectivity index (χ3v) is 5.94. The molecule has 0 unspecified atom stereocenters. The fraction of sp³-hybridized carbons (Fsp3) is 0.400. The minimum absolute atomic E-state index is 0.224. The molecule has 0 N–H and O–H groups in total. The fourth-order valence-electron chi connectivity index (χ4n) is 3.32. The first kappa shape index (κ1) is 17.2. The third kappa shape index (κ3) is 3.66. The van der Waals surface area contributed by atoms with E-state index in [2.05, 4.69) is 26.1 Å². The van der Waals surface area contributed by atoms with Crippen LogP contribution in [0.2, 0.25) is 0 Å². The van der Waals surface area contributed by atoms with Crippen molar-refractivity contribution in [2.45, 2.75) is 38.6 Å². The van der Waals surface area contributed by atoms with Gasteiger partial charge in [0.05, 0.1) is 13.0 Å². The number of carbonyl (C=O) groups excluding carboxylic acids is 1. The zero-order valence-electron chi connectivity index (χ0n) is 15.1. The highest BCUT2D eigenvalue weighted by Crippen LogP contribution is 2.27. The van der Waals surface area contributed by atoms with Crippen molar-refractivity contribution in [1.29, 1.82) is 0 Å². The van der Waals surface area contributed by atoms with Gasteiger partial charge in [0.15, 0.2) is 5.78 Å². The van der Waals surface area contributed by atoms with Gasteiger partial charge in [-0.1, -0.05) is 29.9 Å². The predicted molar refractivity (Wildman–Crippen MR) is 104 cm³/mol. The van der Waals surface area contributed by atoms with Crippen LogP contribution in [-0.4, -0.2) is 45.5 Å². The summed E-state index contributed by atoms with van der Waals surface area (Å²) in [6.45, 7) is 2.46. The second kappa shape index (κ2) is 7.21. The summed E-state index contributed by atoms with van der Waals surface area (Å²) >= 11 is 1.58. The Balaban J connectivity index is 1.51. The number of hydrogen-bond acceptors (Lipinski definition) is 6. The molecule has 6 heteroatoms. The van der Waals surface area contributed by atoms with Gasteiger partial charge in [0.1, 0.15) is 10.0 Å². The summed E-state index contributed by atoms with van der Waals surface area (Å²) in [6.07, 6.45) is 5.95. The molecule has 5 nitrogen and oxygen atoms in total. The van der Waals surface area contributed by atoms with E-state index in [4.69, 9.17) is 0 Å². The molecule has 1 aliphatic rings. The van der Waals surface area contributed by atoms with Gasteiger partial charge in [-0.25, -0.2) is 0 Å². The standard InChI is InChI=1S/C20H22N4OS/c1-13-22-23-20(26-13)14-6-7-15-11-21-17(9-16(15)8-14)10-19(25)12-24(2)18-4-3-5-18/h6-9,11,18H,3-5,10,12H2,1-2H3. The number of carbonyl (C=O) groups is 1. The largest absolute Gasteiger partial charge is 0.298 e. The summed E-state index contributed by atoms with van der Waals surface area (Å²) in [4.78, 5) is 19.1. The molecule has 26 heavy (non-hydrogen) atoms. The van der Waals surface area contributed by atoms with Crippen LogP contribution in [-0.2, 0) is 11.2 Å². The molecule has 2 aromatic heterocycles. The zero-order chi connectivity index (χ0) is 18.1. The second-order valence-corrected chi connectivity index (χ2v) is 8.26. The van der Waals surface area contributed by atoms with Gasteiger partial charge in [-0.15, -0.1) is 10.2 Å². The molecule has 1 fully saturated rings. The maximum atomic E-state index is 12.4. The first-order chi connectivity index (χ1) is 12.6. The van der Waals surface area contributed by atoms with Crippen molar-refractivity contribution < 1.29 is 4.79 Å². The minimum Gasteiger partial charge on any atom is -0.298 e. The van der Waals surface area contributed by atoms with E-state index in [0.717, 1.165) is 32.0 Å². The monoisotopic (exact) mass is 366 g/mol. The van der Waals surface area contributed by atoms with Crippen LogP contribution in [0, 0.1) is 6.92 Å². The molecule has 134 valence electrons. The number of benzene rings is 1. The summed E-state index contributed by atoms with van der Waals surface area (Å²) in [5.41, 5.74) is 1.88. The normalized spacial score (nSPS) is 14.7. The Morgan fingerprint density at radius 2 is 2.08 bits per heavy atom. The molecular formula is C20H22N4OS. The number of rotatable bonds is 6. The van der Waals surface area contributed by atoms with Gasteiger partial charge in [-0.05, 0) is 44.3 Å². The van der Waals surface area contributed by atoms with E-state index in [-0.39, 0.29) is 5.78 Å². The van der Waals surface area contributed by atoms with E-state index >= 15 is 0 Å². The number of aryl methyl sites for hydroxylation is 1. The number of fused-ring (bicyclic) bond motifs is 1. The van der Waals surface area contributed by atoms with Gasteiger partial charge in [-0.2, -0.15) is 0 Å². The molecule has 0 atom stereocenters. The molecule has 0 aliphatic heterocycles. The lowest BCUT2D eigenvalue weighted by molar-refractivity contribution is -0.120. The number of hydrogen-bond donors (Lipinski definition) is 0. The smallest absolute Gasteiger partial charge is 0.152 e. The van der Waals surface area contributed by atoms with Gasteiger partial charge in [0, 0.05) is 28.9 Å². The summed E-state index contributed by atoms with van der Waals surface area (Å²) in [7, 11) is 2.05. The number of nitrogens with zero attached hydrogens (tertiary/aromatic N) is 4. The first-order valence-corrected chi connectivity index (χ1v) is 9.81. The van der Waals surface area contributed by atoms with Crippen molar-refractivity contribution in [3.8, 4) is 10.6 Å². The highest BCUT2D eigenvalue weighted by atomic mass is 32.1. The van der Waals surface area contributed by atoms with Crippen LogP contribution in [0.5, 0.6) is 0 Å². The first-order valence-electron chi connectivity index (χ1n) is 8.99. The Kier molecular flexibility index (Phi) is 4.78. The van der Waals surface area contributed by atoms with Gasteiger partial charge >= 0.3 is 0 Å². The van der Waals surface area contributed by atoms with Gasteiger partial charge in [-0.3, -0.25) is 14.7 Å². The molecule has 0 bridgehead atoms. The van der Waals surface area contributed by atoms with Gasteiger partial charge in [0.2, 0.25) is 0 Å². The molecule has 1 saturated carbocycles. The minimum atomic E-state index is 0.224. The van der Waals surface area contributed by atoms with Gasteiger partial charge in [0.25, 0.3) is 0 Å². The van der Waals surface area contributed by atoms with E-state index in [0.29, 0.717) is 19.0 Å². The van der Waals surface area contributed by atoms with Crippen LogP contribution in [0.4, 0.5) is 0 Å². The maximum Gasteiger partial charge on any atom is 0.152 e. The Hall–Kier alpha value is -2.18. The van der Waals surface area contributed by atoms with E-state index in [1.54, 1.807) is 11.3 Å². The van der Waals surface area contributed by atoms with Gasteiger partial charge < -0.3 is 0 Å². The number of aromatic nitrogens is 3. The average Bonchev–Trinajstić information content (AvgIpc) is 2.98. The van der Waals surface area contributed by atoms with Crippen molar-refractivity contribution in [2.75, 3.05) is 13.6 Å². The lowest BCUT2D eigenvalue weighted by atomic mass is 9.91. The van der Waals surface area contributed by atoms with Crippen LogP contribution >= 0.6 is 11.3 Å². The second-order valence-electron chi connectivity index (χ2n) is 7.08. The van der Waals surface area contributed by atoms with E-state index in [9.17, 15) is 4.79 Å². The van der Waals surface area contributed by atoms with Crippen molar-refractivity contribution in [2.24, 2.45) is 0 Å². The number of Topliss-reactive ketones (excluding diaryl/α,β-unsaturated/α-hetero) is 1. The highest BCUT2D eigenvalue weighted by molar-refractivity contribution is 7.14. The lowest BCUT2D eigenvalue weighted by Crippen LogP contribution is -2.40. The van der Waals surface area contributed by atoms with E-state index in [1.807, 2.05) is 38.4 Å². The van der Waals surface area contributed by atoms with E-state index in [1.165, 1.54) is 19.3 Å². The maximum absolute atomic E-state index is 12.4. The topological polar surface area (TPSA) is 59.0 Å². The van der Waals surface area contributed by atoms with Crippen molar-refractivity contribution in [3.63, 3.8) is 0 Å². The van der Waals surface area contributed by atoms with Crippen molar-refractivity contribution in [3.05, 3.63) is 41.2 Å². The fourth-order valence-corrected chi connectivity index (χ4v) is 4.01. The average molecular weight is 366 g/mol. The summed E-state index contributed by atoms with van der Waals surface area (Å²) in [6, 6.07) is 8.80. The molecule has 0 spiro atoms. The summed E-state index contributed by atoms with van der Waals surface area (Å²) in [5, 5.41) is 12.3. The van der Waals surface area contributed by atoms with Crippen LogP contribution in [0.1, 0.15) is 30.0 Å². The summed E-state index contributed by atoms with van der Waals surface area (Å²) < 4.78 is 0. The molecule has 0 amide bonds. The molecular weight excluding hydrogens is 344 g/mol. The third-order valence-electron chi connectivity index (χ3n) is 5.05. The number of ketones is 1. The van der Waals surface area contributed by atoms with Crippen LogP contribution < -0.4 is 0 Å². The Bertz CT molecular complexity index is 948. The summed E-state index contributed by atoms with van der Waals surface area (Å²) in [5.74, 6) is 0.224. The molecule has 4 rings (SSSR count). The lowest BCUT2D eigenvalue weighted by Gasteiger charge is -2.34. The number of likely N-dealkylation sites (N-methyl/N-ethyl adjacent to an activating group) is 1. The molecule has 2 heterocycles. The van der Waals surface area contributed by atoms with Crippen LogP contribution in [0.3, 0.4) is 0 Å². The highest BCUT2D eigenvalue weighted by Gasteiger charge is 2.23. The zero-order valence-corrected chi connectivity index (χ0v) is 15.9. The molecule has 3 aromatic rings. The van der Waals surface area contributed by atoms with Crippen LogP contribution in [0.15, 0.2) is 30.5 Å². The SMILES string of the molecule is Cc1nnc(-c2ccc3cnc(CC(=O)CN(C)C4CCC4)cc3c2)s1. The van der Waals surface area contributed by atoms with Crippen molar-refractivity contribution in [1.82, 2.24) is 20.1 Å². The number of pyridine rings is 1. The molecule has 1 aliphatic carbocycles. The Labute approximate surface area is 157 Å². The Morgan fingerprint density at radius 1 is 1.23 bits per heavy atom. The van der Waals surface area contributed by atoms with Crippen LogP contribution in [0.25, 0.3) is 21.3 Å². The molecule has 1 aromatic carbocycles. The quantitative estimate of drug-likeness (QED) is 0.666. The Morgan fingerprint density at radius 3 is 2.77 bits per heavy atom. The molecule has 0 saturated heterocycles. The van der Waals surface area contributed by atoms with Crippen molar-refractivity contribution >= 4 is 27.9 Å². The van der Waals surface area contributed by atoms with E-state index < -0.39 is 0 Å².